The van der Waals surface area contributed by atoms with E-state index < -0.39 is 5.97 Å². The number of carbonyl (C=O) groups is 1. The van der Waals surface area contributed by atoms with Crippen molar-refractivity contribution in [1.29, 1.82) is 0 Å². The number of aromatic carboxylic acids is 1. The molecule has 1 aliphatic heterocycles. The SMILES string of the molecule is Cn1ncc2c(N3CCCCC3)nc(C(=O)O)nc21. The molecule has 1 N–H and O–H groups in total. The largest absolute Gasteiger partial charge is 0.475 e. The van der Waals surface area contributed by atoms with E-state index in [1.165, 1.54) is 6.42 Å². The molecule has 19 heavy (non-hydrogen) atoms. The normalized spacial score (nSPS) is 15.9. The van der Waals surface area contributed by atoms with Crippen LogP contribution in [0, 0.1) is 0 Å². The van der Waals surface area contributed by atoms with Gasteiger partial charge in [-0.3, -0.25) is 4.68 Å². The summed E-state index contributed by atoms with van der Waals surface area (Å²) >= 11 is 0. The predicted molar refractivity (Wildman–Crippen MR) is 69.3 cm³/mol. The van der Waals surface area contributed by atoms with Gasteiger partial charge in [-0.25, -0.2) is 14.8 Å². The predicted octanol–water partition coefficient (Wildman–Crippen LogP) is 1.05. The molecule has 0 saturated carbocycles. The number of rotatable bonds is 2. The Morgan fingerprint density at radius 3 is 2.68 bits per heavy atom. The van der Waals surface area contributed by atoms with E-state index in [4.69, 9.17) is 5.11 Å². The number of hydrogen-bond acceptors (Lipinski definition) is 5. The molecule has 7 heteroatoms. The molecule has 1 fully saturated rings. The maximum atomic E-state index is 11.1. The first-order chi connectivity index (χ1) is 9.16. The van der Waals surface area contributed by atoms with E-state index in [-0.39, 0.29) is 5.82 Å². The van der Waals surface area contributed by atoms with Crippen LogP contribution in [0.25, 0.3) is 11.0 Å². The van der Waals surface area contributed by atoms with Crippen LogP contribution in [0.3, 0.4) is 0 Å². The Morgan fingerprint density at radius 2 is 2.00 bits per heavy atom. The molecule has 0 spiro atoms. The van der Waals surface area contributed by atoms with Gasteiger partial charge in [-0.05, 0) is 19.3 Å². The van der Waals surface area contributed by atoms with Crippen molar-refractivity contribution < 1.29 is 9.90 Å². The summed E-state index contributed by atoms with van der Waals surface area (Å²) in [5, 5.41) is 14.1. The second kappa shape index (κ2) is 4.49. The zero-order valence-corrected chi connectivity index (χ0v) is 10.7. The van der Waals surface area contributed by atoms with E-state index in [0.29, 0.717) is 11.5 Å². The van der Waals surface area contributed by atoms with Crippen molar-refractivity contribution in [3.63, 3.8) is 0 Å². The number of anilines is 1. The van der Waals surface area contributed by atoms with E-state index in [0.717, 1.165) is 31.3 Å². The van der Waals surface area contributed by atoms with Gasteiger partial charge in [0.15, 0.2) is 5.65 Å². The maximum absolute atomic E-state index is 11.1. The number of aryl methyl sites for hydroxylation is 1. The minimum atomic E-state index is -1.11. The third kappa shape index (κ3) is 2.00. The third-order valence-electron chi connectivity index (χ3n) is 3.42. The lowest BCUT2D eigenvalue weighted by molar-refractivity contribution is 0.0684. The van der Waals surface area contributed by atoms with Crippen LogP contribution in [0.2, 0.25) is 0 Å². The fourth-order valence-corrected chi connectivity index (χ4v) is 2.45. The highest BCUT2D eigenvalue weighted by molar-refractivity contribution is 5.92. The van der Waals surface area contributed by atoms with Crippen LogP contribution < -0.4 is 4.90 Å². The first kappa shape index (κ1) is 11.9. The van der Waals surface area contributed by atoms with Crippen LogP contribution in [-0.2, 0) is 7.05 Å². The summed E-state index contributed by atoms with van der Waals surface area (Å²) in [6.45, 7) is 1.81. The second-order valence-corrected chi connectivity index (χ2v) is 4.73. The van der Waals surface area contributed by atoms with Crippen LogP contribution in [0.15, 0.2) is 6.20 Å². The highest BCUT2D eigenvalue weighted by Crippen LogP contribution is 2.26. The average molecular weight is 261 g/mol. The lowest BCUT2D eigenvalue weighted by Gasteiger charge is -2.28. The lowest BCUT2D eigenvalue weighted by atomic mass is 10.1. The second-order valence-electron chi connectivity index (χ2n) is 4.73. The number of carboxylic acids is 1. The molecule has 1 aliphatic rings. The van der Waals surface area contributed by atoms with Crippen molar-refractivity contribution in [1.82, 2.24) is 19.7 Å². The minimum absolute atomic E-state index is 0.170. The molecule has 100 valence electrons. The summed E-state index contributed by atoms with van der Waals surface area (Å²) in [6.07, 6.45) is 5.12. The molecule has 0 radical (unpaired) electrons. The van der Waals surface area contributed by atoms with Crippen molar-refractivity contribution in [2.45, 2.75) is 19.3 Å². The fraction of sp³-hybridized carbons (Fsp3) is 0.500. The van der Waals surface area contributed by atoms with Gasteiger partial charge < -0.3 is 10.0 Å². The molecule has 0 aromatic carbocycles. The number of piperidine rings is 1. The van der Waals surface area contributed by atoms with Crippen molar-refractivity contribution >= 4 is 22.8 Å². The molecule has 7 nitrogen and oxygen atoms in total. The van der Waals surface area contributed by atoms with Crippen molar-refractivity contribution in [3.05, 3.63) is 12.0 Å². The standard InChI is InChI=1S/C12H15N5O2/c1-16-10-8(7-13-16)11(15-9(14-10)12(18)19)17-5-3-2-4-6-17/h7H,2-6H2,1H3,(H,18,19). The monoisotopic (exact) mass is 261 g/mol. The Kier molecular flexibility index (Phi) is 2.81. The summed E-state index contributed by atoms with van der Waals surface area (Å²) in [5.74, 6) is -0.590. The first-order valence-corrected chi connectivity index (χ1v) is 6.35. The number of carboxylic acid groups (broad SMARTS) is 1. The molecule has 2 aromatic heterocycles. The smallest absolute Gasteiger partial charge is 0.374 e. The van der Waals surface area contributed by atoms with Gasteiger partial charge in [0, 0.05) is 20.1 Å². The van der Waals surface area contributed by atoms with Crippen LogP contribution in [0.1, 0.15) is 29.9 Å². The third-order valence-corrected chi connectivity index (χ3v) is 3.42. The van der Waals surface area contributed by atoms with Gasteiger partial charge in [0.25, 0.3) is 0 Å². The molecular formula is C12H15N5O2. The Labute approximate surface area is 109 Å². The van der Waals surface area contributed by atoms with Crippen LogP contribution >= 0.6 is 0 Å². The van der Waals surface area contributed by atoms with Gasteiger partial charge >= 0.3 is 5.97 Å². The maximum Gasteiger partial charge on any atom is 0.374 e. The van der Waals surface area contributed by atoms with E-state index in [9.17, 15) is 4.79 Å². The topological polar surface area (TPSA) is 84.1 Å². The molecule has 0 bridgehead atoms. The van der Waals surface area contributed by atoms with E-state index >= 15 is 0 Å². The quantitative estimate of drug-likeness (QED) is 0.870. The van der Waals surface area contributed by atoms with Crippen molar-refractivity contribution in [2.24, 2.45) is 7.05 Å². The molecule has 0 aliphatic carbocycles. The van der Waals surface area contributed by atoms with Gasteiger partial charge in [-0.15, -0.1) is 0 Å². The molecular weight excluding hydrogens is 246 g/mol. The Morgan fingerprint density at radius 1 is 1.26 bits per heavy atom. The zero-order valence-electron chi connectivity index (χ0n) is 10.7. The van der Waals surface area contributed by atoms with Gasteiger partial charge in [0.05, 0.1) is 11.6 Å². The van der Waals surface area contributed by atoms with Crippen LogP contribution in [0.4, 0.5) is 5.82 Å². The Hall–Kier alpha value is -2.18. The van der Waals surface area contributed by atoms with Crippen LogP contribution in [-0.4, -0.2) is 43.9 Å². The summed E-state index contributed by atoms with van der Waals surface area (Å²) in [4.78, 5) is 21.5. The highest BCUT2D eigenvalue weighted by Gasteiger charge is 2.21. The van der Waals surface area contributed by atoms with Crippen molar-refractivity contribution in [2.75, 3.05) is 18.0 Å². The summed E-state index contributed by atoms with van der Waals surface area (Å²) in [7, 11) is 1.75. The lowest BCUT2D eigenvalue weighted by Crippen LogP contribution is -2.31. The molecule has 1 saturated heterocycles. The van der Waals surface area contributed by atoms with E-state index in [2.05, 4.69) is 20.0 Å². The molecule has 3 heterocycles. The number of fused-ring (bicyclic) bond motifs is 1. The number of hydrogen-bond donors (Lipinski definition) is 1. The van der Waals surface area contributed by atoms with Gasteiger partial charge in [0.2, 0.25) is 5.82 Å². The van der Waals surface area contributed by atoms with Crippen LogP contribution in [0.5, 0.6) is 0 Å². The summed E-state index contributed by atoms with van der Waals surface area (Å²) in [6, 6.07) is 0. The summed E-state index contributed by atoms with van der Waals surface area (Å²) < 4.78 is 1.58. The minimum Gasteiger partial charge on any atom is -0.475 e. The summed E-state index contributed by atoms with van der Waals surface area (Å²) in [5.41, 5.74) is 0.563. The average Bonchev–Trinajstić information content (AvgIpc) is 2.80. The highest BCUT2D eigenvalue weighted by atomic mass is 16.4. The fourth-order valence-electron chi connectivity index (χ4n) is 2.45. The molecule has 0 amide bonds. The zero-order chi connectivity index (χ0) is 13.4. The molecule has 0 atom stereocenters. The van der Waals surface area contributed by atoms with E-state index in [1.54, 1.807) is 17.9 Å². The number of nitrogens with zero attached hydrogens (tertiary/aromatic N) is 5. The molecule has 3 rings (SSSR count). The van der Waals surface area contributed by atoms with Crippen molar-refractivity contribution in [3.8, 4) is 0 Å². The first-order valence-electron chi connectivity index (χ1n) is 6.35. The van der Waals surface area contributed by atoms with Gasteiger partial charge in [-0.1, -0.05) is 0 Å². The molecule has 2 aromatic rings. The van der Waals surface area contributed by atoms with Gasteiger partial charge in [-0.2, -0.15) is 5.10 Å². The number of aromatic nitrogens is 4. The Balaban J connectivity index is 2.17. The molecule has 0 unspecified atom stereocenters. The van der Waals surface area contributed by atoms with Gasteiger partial charge in [0.1, 0.15) is 5.82 Å². The Bertz CT molecular complexity index is 630. The van der Waals surface area contributed by atoms with E-state index in [1.807, 2.05) is 0 Å².